The van der Waals surface area contributed by atoms with Gasteiger partial charge < -0.3 is 24.1 Å². The van der Waals surface area contributed by atoms with Crippen LogP contribution >= 0.6 is 0 Å². The number of hydrogen-bond acceptors (Lipinski definition) is 5. The lowest BCUT2D eigenvalue weighted by atomic mass is 9.98. The first-order chi connectivity index (χ1) is 17.7. The van der Waals surface area contributed by atoms with E-state index in [1.165, 1.54) is 45.1 Å². The third kappa shape index (κ3) is 10.9. The smallest absolute Gasteiger partial charge is 0.410 e. The quantitative estimate of drug-likeness (QED) is 0.476. The van der Waals surface area contributed by atoms with Crippen LogP contribution in [-0.2, 0) is 17.8 Å². The lowest BCUT2D eigenvalue weighted by Crippen LogP contribution is -2.46. The molecule has 2 unspecified atom stereocenters. The Kier molecular flexibility index (Phi) is 11.5. The minimum absolute atomic E-state index is 0.157. The molecule has 2 aliphatic rings. The first-order valence-corrected chi connectivity index (χ1v) is 14.4. The van der Waals surface area contributed by atoms with Crippen molar-refractivity contribution >= 4 is 6.09 Å². The predicted molar refractivity (Wildman–Crippen MR) is 149 cm³/mol. The van der Waals surface area contributed by atoms with Crippen LogP contribution in [0.3, 0.4) is 0 Å². The Balaban J connectivity index is 0.000000220. The van der Waals surface area contributed by atoms with Gasteiger partial charge >= 0.3 is 6.09 Å². The molecule has 37 heavy (non-hydrogen) atoms. The zero-order valence-electron chi connectivity index (χ0n) is 23.9. The molecule has 0 spiro atoms. The number of nitrogens with zero attached hydrogens (tertiary/aromatic N) is 5. The summed E-state index contributed by atoms with van der Waals surface area (Å²) in [7, 11) is 0. The fourth-order valence-electron chi connectivity index (χ4n) is 5.25. The monoisotopic (exact) mass is 514 g/mol. The van der Waals surface area contributed by atoms with Crippen molar-refractivity contribution in [2.45, 2.75) is 130 Å². The molecular formula is C29H50N6O2. The fourth-order valence-corrected chi connectivity index (χ4v) is 5.25. The molecule has 4 heterocycles. The van der Waals surface area contributed by atoms with E-state index in [-0.39, 0.29) is 6.09 Å². The van der Waals surface area contributed by atoms with Gasteiger partial charge in [0.2, 0.25) is 0 Å². The van der Waals surface area contributed by atoms with Crippen LogP contribution < -0.4 is 5.32 Å². The Bertz CT molecular complexity index is 925. The highest BCUT2D eigenvalue weighted by Crippen LogP contribution is 2.23. The SMILES string of the molecule is Cc1cn(CCCC2CCCCN2)cn1.Cc1cn(CCCC2CCCCN2C(=O)OC(C)(C)C)cn1. The Hall–Kier alpha value is -2.35. The maximum atomic E-state index is 12.3. The molecule has 1 N–H and O–H groups in total. The summed E-state index contributed by atoms with van der Waals surface area (Å²) in [5.41, 5.74) is 1.74. The predicted octanol–water partition coefficient (Wildman–Crippen LogP) is 5.88. The van der Waals surface area contributed by atoms with Gasteiger partial charge in [-0.1, -0.05) is 6.42 Å². The molecule has 0 radical (unpaired) electrons. The normalized spacial score (nSPS) is 20.3. The number of nitrogens with one attached hydrogen (secondary N) is 1. The van der Waals surface area contributed by atoms with Gasteiger partial charge in [0.05, 0.1) is 24.0 Å². The summed E-state index contributed by atoms with van der Waals surface area (Å²) in [6, 6.07) is 1.08. The van der Waals surface area contributed by atoms with Crippen LogP contribution in [0.1, 0.15) is 96.4 Å². The van der Waals surface area contributed by atoms with Gasteiger partial charge in [-0.2, -0.15) is 0 Å². The number of likely N-dealkylation sites (tertiary alicyclic amines) is 1. The number of aryl methyl sites for hydroxylation is 4. The summed E-state index contributed by atoms with van der Waals surface area (Å²) in [5, 5.41) is 3.59. The Morgan fingerprint density at radius 1 is 0.946 bits per heavy atom. The van der Waals surface area contributed by atoms with E-state index in [4.69, 9.17) is 4.74 Å². The molecule has 0 aromatic carbocycles. The van der Waals surface area contributed by atoms with Crippen molar-refractivity contribution in [3.8, 4) is 0 Å². The van der Waals surface area contributed by atoms with E-state index in [9.17, 15) is 4.79 Å². The van der Waals surface area contributed by atoms with Gasteiger partial charge in [0.25, 0.3) is 0 Å². The second kappa shape index (κ2) is 14.6. The van der Waals surface area contributed by atoms with Gasteiger partial charge in [-0.25, -0.2) is 14.8 Å². The average molecular weight is 515 g/mol. The third-order valence-corrected chi connectivity index (χ3v) is 7.11. The summed E-state index contributed by atoms with van der Waals surface area (Å²) in [4.78, 5) is 22.8. The number of ether oxygens (including phenoxy) is 1. The summed E-state index contributed by atoms with van der Waals surface area (Å²) >= 11 is 0. The summed E-state index contributed by atoms with van der Waals surface area (Å²) in [6.07, 6.45) is 20.0. The van der Waals surface area contributed by atoms with Crippen molar-refractivity contribution in [2.75, 3.05) is 13.1 Å². The fraction of sp³-hybridized carbons (Fsp3) is 0.759. The summed E-state index contributed by atoms with van der Waals surface area (Å²) in [6.45, 7) is 13.9. The average Bonchev–Trinajstić information content (AvgIpc) is 3.47. The van der Waals surface area contributed by atoms with Gasteiger partial charge in [0, 0.05) is 44.1 Å². The number of carbonyl (C=O) groups is 1. The topological polar surface area (TPSA) is 77.2 Å². The maximum Gasteiger partial charge on any atom is 0.410 e. The second-order valence-corrected chi connectivity index (χ2v) is 11.8. The van der Waals surface area contributed by atoms with Crippen LogP contribution in [0.25, 0.3) is 0 Å². The van der Waals surface area contributed by atoms with Crippen LogP contribution in [0.2, 0.25) is 0 Å². The molecular weight excluding hydrogens is 464 g/mol. The summed E-state index contributed by atoms with van der Waals surface area (Å²) in [5.74, 6) is 0. The standard InChI is InChI=1S/C17H29N3O2.C12H21N3/c1-14-12-19(13-18-14)10-7-9-15-8-5-6-11-20(15)16(21)22-17(2,3)4;1-11-9-15(10-14-11)8-4-6-12-5-2-3-7-13-12/h12-13,15H,5-11H2,1-4H3;9-10,12-13H,2-8H2,1H3. The molecule has 2 saturated heterocycles. The highest BCUT2D eigenvalue weighted by atomic mass is 16.6. The van der Waals surface area contributed by atoms with Gasteiger partial charge in [0.15, 0.2) is 0 Å². The van der Waals surface area contributed by atoms with E-state index in [1.807, 2.05) is 52.2 Å². The number of amides is 1. The van der Waals surface area contributed by atoms with Crippen LogP contribution in [0.15, 0.2) is 25.0 Å². The van der Waals surface area contributed by atoms with Crippen molar-refractivity contribution in [3.63, 3.8) is 0 Å². The van der Waals surface area contributed by atoms with Gasteiger partial charge in [-0.3, -0.25) is 0 Å². The molecule has 8 heteroatoms. The molecule has 2 aliphatic heterocycles. The van der Waals surface area contributed by atoms with Crippen LogP contribution in [0, 0.1) is 13.8 Å². The van der Waals surface area contributed by atoms with Gasteiger partial charge in [0.1, 0.15) is 5.60 Å². The first kappa shape index (κ1) is 29.2. The number of hydrogen-bond donors (Lipinski definition) is 1. The Morgan fingerprint density at radius 2 is 1.57 bits per heavy atom. The first-order valence-electron chi connectivity index (χ1n) is 14.4. The molecule has 2 atom stereocenters. The lowest BCUT2D eigenvalue weighted by Gasteiger charge is -2.36. The number of carbonyl (C=O) groups excluding carboxylic acids is 1. The molecule has 2 fully saturated rings. The van der Waals surface area contributed by atoms with Crippen molar-refractivity contribution < 1.29 is 9.53 Å². The molecule has 2 aromatic rings. The van der Waals surface area contributed by atoms with E-state index >= 15 is 0 Å². The van der Waals surface area contributed by atoms with E-state index < -0.39 is 5.60 Å². The molecule has 1 amide bonds. The van der Waals surface area contributed by atoms with E-state index in [0.29, 0.717) is 6.04 Å². The van der Waals surface area contributed by atoms with Crippen molar-refractivity contribution in [1.82, 2.24) is 29.3 Å². The third-order valence-electron chi connectivity index (χ3n) is 7.11. The number of piperidine rings is 2. The van der Waals surface area contributed by atoms with Crippen LogP contribution in [0.5, 0.6) is 0 Å². The van der Waals surface area contributed by atoms with Crippen LogP contribution in [-0.4, -0.2) is 60.9 Å². The Labute approximate surface area is 224 Å². The van der Waals surface area contributed by atoms with E-state index in [1.54, 1.807) is 0 Å². The molecule has 4 rings (SSSR count). The van der Waals surface area contributed by atoms with Crippen molar-refractivity contribution in [3.05, 3.63) is 36.4 Å². The van der Waals surface area contributed by atoms with Crippen LogP contribution in [0.4, 0.5) is 4.79 Å². The molecule has 208 valence electrons. The summed E-state index contributed by atoms with van der Waals surface area (Å²) < 4.78 is 9.86. The number of rotatable bonds is 8. The Morgan fingerprint density at radius 3 is 2.11 bits per heavy atom. The molecule has 8 nitrogen and oxygen atoms in total. The molecule has 0 bridgehead atoms. The molecule has 2 aromatic heterocycles. The second-order valence-electron chi connectivity index (χ2n) is 11.8. The van der Waals surface area contributed by atoms with Crippen molar-refractivity contribution in [1.29, 1.82) is 0 Å². The van der Waals surface area contributed by atoms with Gasteiger partial charge in [-0.05, 0) is 99.0 Å². The maximum absolute atomic E-state index is 12.3. The zero-order valence-corrected chi connectivity index (χ0v) is 23.9. The highest BCUT2D eigenvalue weighted by molar-refractivity contribution is 5.68. The number of aromatic nitrogens is 4. The minimum Gasteiger partial charge on any atom is -0.444 e. The molecule has 0 aliphatic carbocycles. The minimum atomic E-state index is -0.423. The van der Waals surface area contributed by atoms with E-state index in [0.717, 1.165) is 62.7 Å². The lowest BCUT2D eigenvalue weighted by molar-refractivity contribution is 0.00853. The van der Waals surface area contributed by atoms with E-state index in [2.05, 4.69) is 36.8 Å². The molecule has 0 saturated carbocycles. The largest absolute Gasteiger partial charge is 0.444 e. The number of imidazole rings is 2. The van der Waals surface area contributed by atoms with Crippen molar-refractivity contribution in [2.24, 2.45) is 0 Å². The highest BCUT2D eigenvalue weighted by Gasteiger charge is 2.30. The van der Waals surface area contributed by atoms with Gasteiger partial charge in [-0.15, -0.1) is 0 Å². The zero-order chi connectivity index (χ0) is 26.7.